The van der Waals surface area contributed by atoms with E-state index in [1.165, 1.54) is 17.2 Å². The lowest BCUT2D eigenvalue weighted by Crippen LogP contribution is -2.33. The number of rotatable bonds is 12. The number of nitrogens with zero attached hydrogens (tertiary/aromatic N) is 4. The molecule has 3 rings (SSSR count). The van der Waals surface area contributed by atoms with Gasteiger partial charge >= 0.3 is 7.82 Å². The van der Waals surface area contributed by atoms with E-state index in [0.29, 0.717) is 24.0 Å². The number of nitrogens with two attached hydrogens (primary N) is 1. The molecule has 0 aliphatic carbocycles. The molecule has 1 aliphatic heterocycles. The number of aliphatic hydroxyl groups is 2. The highest BCUT2D eigenvalue weighted by Crippen LogP contribution is 2.50. The van der Waals surface area contributed by atoms with E-state index >= 15 is 0 Å². The maximum Gasteiger partial charge on any atom is 0.474 e. The highest BCUT2D eigenvalue weighted by molar-refractivity contribution is 7.48. The summed E-state index contributed by atoms with van der Waals surface area (Å²) in [6.07, 6.45) is 1.21. The minimum Gasteiger partial charge on any atom is -0.387 e. The molecular weight excluding hydrogens is 429 g/mol. The van der Waals surface area contributed by atoms with Crippen molar-refractivity contribution >= 4 is 24.8 Å². The number of hydrogen-bond donors (Lipinski definition) is 3. The van der Waals surface area contributed by atoms with Gasteiger partial charge in [0, 0.05) is 0 Å². The van der Waals surface area contributed by atoms with Gasteiger partial charge in [-0.2, -0.15) is 0 Å². The Labute approximate surface area is 180 Å². The monoisotopic (exact) mass is 459 g/mol. The van der Waals surface area contributed by atoms with Crippen LogP contribution in [0.15, 0.2) is 12.7 Å². The molecular formula is C18H30N5O7P. The molecule has 174 valence electrons. The normalized spacial score (nSPS) is 24.3. The molecule has 0 radical (unpaired) electrons. The second-order valence-electron chi connectivity index (χ2n) is 7.25. The Morgan fingerprint density at radius 1 is 1.10 bits per heavy atom. The summed E-state index contributed by atoms with van der Waals surface area (Å²) in [6, 6.07) is 0. The van der Waals surface area contributed by atoms with Gasteiger partial charge < -0.3 is 20.7 Å². The summed E-state index contributed by atoms with van der Waals surface area (Å²) in [7, 11) is -3.83. The highest BCUT2D eigenvalue weighted by Gasteiger charge is 2.45. The SMILES string of the molecule is CCCCOP(=O)(OCCCC)OC[C@H]1O[C@@H](n2cnc3c(N)ncnc32)[C@@H](O)[C@@H]1O. The Bertz CT molecular complexity index is 883. The van der Waals surface area contributed by atoms with E-state index in [-0.39, 0.29) is 25.6 Å². The van der Waals surface area contributed by atoms with E-state index in [1.807, 2.05) is 13.8 Å². The van der Waals surface area contributed by atoms with Crippen molar-refractivity contribution in [3.63, 3.8) is 0 Å². The first kappa shape index (κ1) is 24.0. The average molecular weight is 459 g/mol. The first-order valence-corrected chi connectivity index (χ1v) is 11.8. The fourth-order valence-corrected chi connectivity index (χ4v) is 4.33. The fraction of sp³-hybridized carbons (Fsp3) is 0.722. The molecule has 0 saturated carbocycles. The van der Waals surface area contributed by atoms with Gasteiger partial charge in [0.25, 0.3) is 0 Å². The lowest BCUT2D eigenvalue weighted by atomic mass is 10.1. The summed E-state index contributed by atoms with van der Waals surface area (Å²) in [5.74, 6) is 0.186. The van der Waals surface area contributed by atoms with Gasteiger partial charge in [-0.15, -0.1) is 0 Å². The van der Waals surface area contributed by atoms with Crippen molar-refractivity contribution in [2.24, 2.45) is 0 Å². The predicted molar refractivity (Wildman–Crippen MR) is 111 cm³/mol. The molecule has 0 bridgehead atoms. The highest BCUT2D eigenvalue weighted by atomic mass is 31.2. The van der Waals surface area contributed by atoms with E-state index in [9.17, 15) is 14.8 Å². The van der Waals surface area contributed by atoms with Crippen LogP contribution in [0.5, 0.6) is 0 Å². The maximum atomic E-state index is 12.9. The molecule has 2 aromatic heterocycles. The Hall–Kier alpha value is -1.66. The molecule has 0 aromatic carbocycles. The van der Waals surface area contributed by atoms with Crippen LogP contribution in [0.4, 0.5) is 5.82 Å². The number of aromatic nitrogens is 4. The van der Waals surface area contributed by atoms with E-state index in [1.54, 1.807) is 0 Å². The minimum absolute atomic E-state index is 0.186. The van der Waals surface area contributed by atoms with Gasteiger partial charge in [0.1, 0.15) is 30.2 Å². The summed E-state index contributed by atoms with van der Waals surface area (Å²) < 4.78 is 36.4. The van der Waals surface area contributed by atoms with Gasteiger partial charge in [-0.3, -0.25) is 18.1 Å². The summed E-state index contributed by atoms with van der Waals surface area (Å²) >= 11 is 0. The zero-order valence-electron chi connectivity index (χ0n) is 17.7. The van der Waals surface area contributed by atoms with Gasteiger partial charge in [0.2, 0.25) is 0 Å². The fourth-order valence-electron chi connectivity index (χ4n) is 3.07. The van der Waals surface area contributed by atoms with E-state index in [4.69, 9.17) is 24.0 Å². The molecule has 0 unspecified atom stereocenters. The number of phosphoric ester groups is 1. The number of hydrogen-bond acceptors (Lipinski definition) is 11. The number of anilines is 1. The van der Waals surface area contributed by atoms with Crippen LogP contribution in [-0.2, 0) is 22.9 Å². The topological polar surface area (TPSA) is 164 Å². The number of phosphoric acid groups is 1. The van der Waals surface area contributed by atoms with Crippen molar-refractivity contribution in [2.75, 3.05) is 25.6 Å². The van der Waals surface area contributed by atoms with Crippen molar-refractivity contribution < 1.29 is 33.1 Å². The van der Waals surface area contributed by atoms with Crippen molar-refractivity contribution in [1.82, 2.24) is 19.5 Å². The average Bonchev–Trinajstić information content (AvgIpc) is 3.30. The molecule has 3 heterocycles. The third kappa shape index (κ3) is 5.58. The summed E-state index contributed by atoms with van der Waals surface area (Å²) in [4.78, 5) is 12.1. The van der Waals surface area contributed by atoms with Crippen LogP contribution in [0.2, 0.25) is 0 Å². The predicted octanol–water partition coefficient (Wildman–Crippen LogP) is 1.79. The van der Waals surface area contributed by atoms with Gasteiger partial charge in [0.05, 0.1) is 26.1 Å². The Morgan fingerprint density at radius 2 is 1.77 bits per heavy atom. The number of aliphatic hydroxyl groups excluding tert-OH is 2. The van der Waals surface area contributed by atoms with Gasteiger partial charge in [-0.1, -0.05) is 26.7 Å². The third-order valence-corrected chi connectivity index (χ3v) is 6.35. The number of unbranched alkanes of at least 4 members (excludes halogenated alkanes) is 2. The van der Waals surface area contributed by atoms with Crippen LogP contribution in [0.25, 0.3) is 11.2 Å². The Balaban J connectivity index is 1.68. The Kier molecular flexibility index (Phi) is 8.34. The van der Waals surface area contributed by atoms with Crippen molar-refractivity contribution in [1.29, 1.82) is 0 Å². The summed E-state index contributed by atoms with van der Waals surface area (Å²) in [5.41, 5.74) is 6.50. The van der Waals surface area contributed by atoms with Crippen LogP contribution >= 0.6 is 7.82 Å². The molecule has 13 heteroatoms. The smallest absolute Gasteiger partial charge is 0.387 e. The molecule has 0 spiro atoms. The number of ether oxygens (including phenoxy) is 1. The second kappa shape index (κ2) is 10.8. The van der Waals surface area contributed by atoms with Crippen molar-refractivity contribution in [2.45, 2.75) is 64.1 Å². The first-order valence-electron chi connectivity index (χ1n) is 10.4. The number of imidazole rings is 1. The molecule has 31 heavy (non-hydrogen) atoms. The van der Waals surface area contributed by atoms with Crippen LogP contribution in [0.1, 0.15) is 45.8 Å². The number of fused-ring (bicyclic) bond motifs is 1. The standard InChI is InChI=1S/C18H30N5O7P/c1-3-5-7-27-31(26,28-8-6-4-2)29-9-12-14(24)15(25)18(30-12)23-11-22-13-16(19)20-10-21-17(13)23/h10-12,14-15,18,24-25H,3-9H2,1-2H3,(H2,19,20,21)/t12-,14-,15+,18-/m1/s1. The van der Waals surface area contributed by atoms with Crippen LogP contribution < -0.4 is 5.73 Å². The molecule has 4 N–H and O–H groups in total. The second-order valence-corrected chi connectivity index (χ2v) is 8.91. The molecule has 1 aliphatic rings. The van der Waals surface area contributed by atoms with Gasteiger partial charge in [-0.25, -0.2) is 19.5 Å². The maximum absolute atomic E-state index is 12.9. The van der Waals surface area contributed by atoms with Crippen molar-refractivity contribution in [3.05, 3.63) is 12.7 Å². The molecule has 1 saturated heterocycles. The van der Waals surface area contributed by atoms with Gasteiger partial charge in [0.15, 0.2) is 17.7 Å². The zero-order valence-corrected chi connectivity index (χ0v) is 18.6. The van der Waals surface area contributed by atoms with E-state index in [0.717, 1.165) is 12.8 Å². The first-order chi connectivity index (χ1) is 14.9. The molecule has 1 fully saturated rings. The quantitative estimate of drug-likeness (QED) is 0.313. The molecule has 4 atom stereocenters. The van der Waals surface area contributed by atoms with Crippen molar-refractivity contribution in [3.8, 4) is 0 Å². The lowest BCUT2D eigenvalue weighted by molar-refractivity contribution is -0.0527. The van der Waals surface area contributed by atoms with E-state index < -0.39 is 32.4 Å². The third-order valence-electron chi connectivity index (χ3n) is 4.89. The van der Waals surface area contributed by atoms with Gasteiger partial charge in [-0.05, 0) is 12.8 Å². The molecule has 0 amide bonds. The molecule has 2 aromatic rings. The summed E-state index contributed by atoms with van der Waals surface area (Å²) in [5, 5.41) is 21.0. The lowest BCUT2D eigenvalue weighted by Gasteiger charge is -2.21. The molecule has 12 nitrogen and oxygen atoms in total. The van der Waals surface area contributed by atoms with Crippen LogP contribution in [-0.4, -0.2) is 67.9 Å². The Morgan fingerprint density at radius 3 is 2.42 bits per heavy atom. The minimum atomic E-state index is -3.83. The summed E-state index contributed by atoms with van der Waals surface area (Å²) in [6.45, 7) is 4.11. The zero-order chi connectivity index (χ0) is 22.4. The number of nitrogen functional groups attached to an aromatic ring is 1. The largest absolute Gasteiger partial charge is 0.474 e. The van der Waals surface area contributed by atoms with Crippen LogP contribution in [0.3, 0.4) is 0 Å². The van der Waals surface area contributed by atoms with Crippen LogP contribution in [0, 0.1) is 0 Å². The van der Waals surface area contributed by atoms with E-state index in [2.05, 4.69) is 15.0 Å².